The Kier molecular flexibility index (Phi) is 5.14. The normalized spacial score (nSPS) is 23.0. The number of ketones is 1. The smallest absolute Gasteiger partial charge is 0.220 e. The lowest BCUT2D eigenvalue weighted by Crippen LogP contribution is -2.41. The maximum atomic E-state index is 11.9. The average molecular weight is 279 g/mol. The molecule has 1 amide bonds. The topological polar surface area (TPSA) is 46.2 Å². The van der Waals surface area contributed by atoms with Gasteiger partial charge in [-0.25, -0.2) is 0 Å². The van der Waals surface area contributed by atoms with Crippen molar-refractivity contribution in [3.05, 3.63) is 22.4 Å². The second-order valence-electron chi connectivity index (χ2n) is 5.34. The first kappa shape index (κ1) is 14.3. The SMILES string of the molecule is C[C@@H]1CCCC[C@H]1NC(=O)CCC(=O)c1cccs1. The first-order chi connectivity index (χ1) is 9.16. The van der Waals surface area contributed by atoms with Crippen LogP contribution in [0.25, 0.3) is 0 Å². The highest BCUT2D eigenvalue weighted by molar-refractivity contribution is 7.12. The summed E-state index contributed by atoms with van der Waals surface area (Å²) in [6, 6.07) is 3.98. The number of rotatable bonds is 5. The summed E-state index contributed by atoms with van der Waals surface area (Å²) < 4.78 is 0. The van der Waals surface area contributed by atoms with E-state index in [0.717, 1.165) is 11.3 Å². The Morgan fingerprint density at radius 1 is 1.32 bits per heavy atom. The Balaban J connectivity index is 1.74. The van der Waals surface area contributed by atoms with Gasteiger partial charge in [0.05, 0.1) is 4.88 Å². The summed E-state index contributed by atoms with van der Waals surface area (Å²) in [4.78, 5) is 24.4. The molecule has 1 aliphatic carbocycles. The van der Waals surface area contributed by atoms with Crippen LogP contribution in [0.1, 0.15) is 55.1 Å². The number of nitrogens with one attached hydrogen (secondary N) is 1. The van der Waals surface area contributed by atoms with Gasteiger partial charge in [-0.05, 0) is 30.2 Å². The Bertz CT molecular complexity index is 427. The van der Waals surface area contributed by atoms with Crippen molar-refractivity contribution >= 4 is 23.0 Å². The van der Waals surface area contributed by atoms with E-state index in [-0.39, 0.29) is 11.7 Å². The third-order valence-corrected chi connectivity index (χ3v) is 4.74. The van der Waals surface area contributed by atoms with Gasteiger partial charge in [0.25, 0.3) is 0 Å². The van der Waals surface area contributed by atoms with Crippen LogP contribution in [0.15, 0.2) is 17.5 Å². The fourth-order valence-electron chi connectivity index (χ4n) is 2.60. The highest BCUT2D eigenvalue weighted by Gasteiger charge is 2.22. The molecule has 0 radical (unpaired) electrons. The minimum absolute atomic E-state index is 0.0173. The van der Waals surface area contributed by atoms with E-state index in [9.17, 15) is 9.59 Å². The van der Waals surface area contributed by atoms with Crippen molar-refractivity contribution in [1.29, 1.82) is 0 Å². The summed E-state index contributed by atoms with van der Waals surface area (Å²) in [6.07, 6.45) is 5.35. The molecule has 1 aromatic rings. The van der Waals surface area contributed by atoms with Gasteiger partial charge in [-0.15, -0.1) is 11.3 Å². The Hall–Kier alpha value is -1.16. The summed E-state index contributed by atoms with van der Waals surface area (Å²) in [7, 11) is 0. The van der Waals surface area contributed by atoms with Crippen LogP contribution in [0.4, 0.5) is 0 Å². The standard InChI is InChI=1S/C15H21NO2S/c1-11-5-2-3-6-12(11)16-15(18)9-8-13(17)14-7-4-10-19-14/h4,7,10-12H,2-3,5-6,8-9H2,1H3,(H,16,18)/t11-,12-/m1/s1. The summed E-state index contributed by atoms with van der Waals surface area (Å²) in [5.41, 5.74) is 0. The number of Topliss-reactive ketones (excluding diaryl/α,β-unsaturated/α-hetero) is 1. The molecule has 4 heteroatoms. The van der Waals surface area contributed by atoms with Gasteiger partial charge in [0.15, 0.2) is 5.78 Å². The minimum Gasteiger partial charge on any atom is -0.353 e. The predicted octanol–water partition coefficient (Wildman–Crippen LogP) is 3.41. The summed E-state index contributed by atoms with van der Waals surface area (Å²) in [6.45, 7) is 2.20. The molecule has 19 heavy (non-hydrogen) atoms. The van der Waals surface area contributed by atoms with E-state index < -0.39 is 0 Å². The second-order valence-corrected chi connectivity index (χ2v) is 6.28. The van der Waals surface area contributed by atoms with E-state index in [1.807, 2.05) is 17.5 Å². The van der Waals surface area contributed by atoms with Crippen molar-refractivity contribution in [3.63, 3.8) is 0 Å². The van der Waals surface area contributed by atoms with Gasteiger partial charge in [0, 0.05) is 18.9 Å². The summed E-state index contributed by atoms with van der Waals surface area (Å²) in [5.74, 6) is 0.649. The van der Waals surface area contributed by atoms with E-state index in [2.05, 4.69) is 12.2 Å². The number of hydrogen-bond donors (Lipinski definition) is 1. The zero-order chi connectivity index (χ0) is 13.7. The maximum absolute atomic E-state index is 11.9. The molecule has 0 unspecified atom stereocenters. The molecule has 0 aromatic carbocycles. The predicted molar refractivity (Wildman–Crippen MR) is 77.4 cm³/mol. The zero-order valence-corrected chi connectivity index (χ0v) is 12.2. The lowest BCUT2D eigenvalue weighted by atomic mass is 9.86. The van der Waals surface area contributed by atoms with Crippen LogP contribution in [0.2, 0.25) is 0 Å². The molecule has 1 N–H and O–H groups in total. The monoisotopic (exact) mass is 279 g/mol. The van der Waals surface area contributed by atoms with Gasteiger partial charge >= 0.3 is 0 Å². The molecule has 0 spiro atoms. The molecule has 104 valence electrons. The van der Waals surface area contributed by atoms with E-state index in [4.69, 9.17) is 0 Å². The Morgan fingerprint density at radius 3 is 2.79 bits per heavy atom. The lowest BCUT2D eigenvalue weighted by Gasteiger charge is -2.29. The third-order valence-electron chi connectivity index (χ3n) is 3.83. The first-order valence-electron chi connectivity index (χ1n) is 7.03. The molecular weight excluding hydrogens is 258 g/mol. The number of amides is 1. The molecule has 1 aromatic heterocycles. The molecule has 1 saturated carbocycles. The fraction of sp³-hybridized carbons (Fsp3) is 0.600. The van der Waals surface area contributed by atoms with Crippen LogP contribution >= 0.6 is 11.3 Å². The van der Waals surface area contributed by atoms with Crippen molar-refractivity contribution in [1.82, 2.24) is 5.32 Å². The lowest BCUT2D eigenvalue weighted by molar-refractivity contribution is -0.122. The molecule has 3 nitrogen and oxygen atoms in total. The van der Waals surface area contributed by atoms with Gasteiger partial charge in [0.1, 0.15) is 0 Å². The van der Waals surface area contributed by atoms with Crippen molar-refractivity contribution in [3.8, 4) is 0 Å². The third kappa shape index (κ3) is 4.16. The molecule has 1 heterocycles. The van der Waals surface area contributed by atoms with Gasteiger partial charge in [-0.3, -0.25) is 9.59 Å². The molecule has 2 rings (SSSR count). The average Bonchev–Trinajstić information content (AvgIpc) is 2.93. The van der Waals surface area contributed by atoms with Crippen LogP contribution in [0.5, 0.6) is 0 Å². The highest BCUT2D eigenvalue weighted by atomic mass is 32.1. The Morgan fingerprint density at radius 2 is 2.11 bits per heavy atom. The van der Waals surface area contributed by atoms with Crippen LogP contribution in [0.3, 0.4) is 0 Å². The number of hydrogen-bond acceptors (Lipinski definition) is 3. The van der Waals surface area contributed by atoms with Gasteiger partial charge in [-0.2, -0.15) is 0 Å². The van der Waals surface area contributed by atoms with Crippen LogP contribution in [0, 0.1) is 5.92 Å². The van der Waals surface area contributed by atoms with Crippen molar-refractivity contribution in [2.45, 2.75) is 51.5 Å². The fourth-order valence-corrected chi connectivity index (χ4v) is 3.29. The molecule has 1 aliphatic rings. The van der Waals surface area contributed by atoms with E-state index in [0.29, 0.717) is 24.8 Å². The Labute approximate surface area is 118 Å². The van der Waals surface area contributed by atoms with Crippen LogP contribution < -0.4 is 5.32 Å². The highest BCUT2D eigenvalue weighted by Crippen LogP contribution is 2.23. The van der Waals surface area contributed by atoms with E-state index >= 15 is 0 Å². The molecule has 1 fully saturated rings. The number of thiophene rings is 1. The quantitative estimate of drug-likeness (QED) is 0.840. The maximum Gasteiger partial charge on any atom is 0.220 e. The van der Waals surface area contributed by atoms with Gasteiger partial charge in [0.2, 0.25) is 5.91 Å². The zero-order valence-electron chi connectivity index (χ0n) is 11.4. The minimum atomic E-state index is 0.0173. The largest absolute Gasteiger partial charge is 0.353 e. The van der Waals surface area contributed by atoms with Crippen LogP contribution in [-0.2, 0) is 4.79 Å². The van der Waals surface area contributed by atoms with E-state index in [1.54, 1.807) is 0 Å². The summed E-state index contributed by atoms with van der Waals surface area (Å²) >= 11 is 1.44. The first-order valence-corrected chi connectivity index (χ1v) is 7.91. The van der Waals surface area contributed by atoms with Crippen LogP contribution in [-0.4, -0.2) is 17.7 Å². The number of carbonyl (C=O) groups excluding carboxylic acids is 2. The van der Waals surface area contributed by atoms with Gasteiger partial charge in [-0.1, -0.05) is 25.8 Å². The van der Waals surface area contributed by atoms with Crippen molar-refractivity contribution in [2.75, 3.05) is 0 Å². The van der Waals surface area contributed by atoms with E-state index in [1.165, 1.54) is 30.6 Å². The molecule has 0 bridgehead atoms. The van der Waals surface area contributed by atoms with Crippen molar-refractivity contribution < 1.29 is 9.59 Å². The second kappa shape index (κ2) is 6.85. The molecule has 2 atom stereocenters. The summed E-state index contributed by atoms with van der Waals surface area (Å²) in [5, 5.41) is 4.97. The molecule has 0 aliphatic heterocycles. The van der Waals surface area contributed by atoms with Gasteiger partial charge < -0.3 is 5.32 Å². The molecule has 0 saturated heterocycles. The van der Waals surface area contributed by atoms with Crippen molar-refractivity contribution in [2.24, 2.45) is 5.92 Å². The number of carbonyl (C=O) groups is 2. The molecular formula is C15H21NO2S.